The molecule has 88 valence electrons. The van der Waals surface area contributed by atoms with Crippen LogP contribution in [0.5, 0.6) is 0 Å². The summed E-state index contributed by atoms with van der Waals surface area (Å²) in [7, 11) is 0. The van der Waals surface area contributed by atoms with Crippen molar-refractivity contribution in [3.05, 3.63) is 34.6 Å². The van der Waals surface area contributed by atoms with E-state index < -0.39 is 0 Å². The fraction of sp³-hybridized carbons (Fsp3) is 0.538. The molecule has 0 unspecified atom stereocenters. The number of hydrogen-bond donors (Lipinski definition) is 0. The molecule has 16 heavy (non-hydrogen) atoms. The molecule has 1 aliphatic carbocycles. The highest BCUT2D eigenvalue weighted by Gasteiger charge is 2.34. The molecule has 1 aromatic rings. The summed E-state index contributed by atoms with van der Waals surface area (Å²) in [6, 6.07) is 4.86. The average Bonchev–Trinajstić information content (AvgIpc) is 2.73. The lowest BCUT2D eigenvalue weighted by molar-refractivity contribution is 0.335. The standard InChI is InChI=1S/C13H15Cl2F/c14-9-13(6-1-2-7-13)8-10-11(15)4-3-5-12(10)16/h3-5H,1-2,6-9H2. The minimum Gasteiger partial charge on any atom is -0.207 e. The van der Waals surface area contributed by atoms with Crippen LogP contribution in [0.1, 0.15) is 31.2 Å². The zero-order valence-corrected chi connectivity index (χ0v) is 10.6. The molecule has 2 rings (SSSR count). The number of hydrogen-bond acceptors (Lipinski definition) is 0. The molecule has 0 radical (unpaired) electrons. The summed E-state index contributed by atoms with van der Waals surface area (Å²) in [5.74, 6) is 0.390. The van der Waals surface area contributed by atoms with Crippen LogP contribution in [-0.4, -0.2) is 5.88 Å². The first-order valence-corrected chi connectivity index (χ1v) is 6.57. The molecule has 1 aliphatic rings. The predicted molar refractivity (Wildman–Crippen MR) is 66.7 cm³/mol. The molecule has 0 atom stereocenters. The van der Waals surface area contributed by atoms with Gasteiger partial charge in [-0.2, -0.15) is 0 Å². The van der Waals surface area contributed by atoms with Gasteiger partial charge in [0.25, 0.3) is 0 Å². The minimum absolute atomic E-state index is 0.0629. The third-order valence-electron chi connectivity index (χ3n) is 3.56. The van der Waals surface area contributed by atoms with Crippen molar-refractivity contribution >= 4 is 23.2 Å². The Labute approximate surface area is 106 Å². The summed E-state index contributed by atoms with van der Waals surface area (Å²) >= 11 is 12.1. The average molecular weight is 261 g/mol. The minimum atomic E-state index is -0.205. The van der Waals surface area contributed by atoms with Crippen LogP contribution in [-0.2, 0) is 6.42 Å². The molecule has 0 amide bonds. The first kappa shape index (κ1) is 12.2. The fourth-order valence-corrected chi connectivity index (χ4v) is 3.15. The van der Waals surface area contributed by atoms with Crippen molar-refractivity contribution < 1.29 is 4.39 Å². The Balaban J connectivity index is 2.25. The molecule has 1 saturated carbocycles. The van der Waals surface area contributed by atoms with Crippen molar-refractivity contribution in [3.63, 3.8) is 0 Å². The molecule has 1 fully saturated rings. The largest absolute Gasteiger partial charge is 0.207 e. The van der Waals surface area contributed by atoms with Gasteiger partial charge in [0, 0.05) is 16.5 Å². The Morgan fingerprint density at radius 1 is 1.25 bits per heavy atom. The van der Waals surface area contributed by atoms with E-state index >= 15 is 0 Å². The zero-order valence-electron chi connectivity index (χ0n) is 9.11. The molecule has 0 nitrogen and oxygen atoms in total. The first-order chi connectivity index (χ1) is 7.67. The Hall–Kier alpha value is -0.270. The van der Waals surface area contributed by atoms with E-state index in [1.165, 1.54) is 18.9 Å². The van der Waals surface area contributed by atoms with Gasteiger partial charge in [-0.3, -0.25) is 0 Å². The highest BCUT2D eigenvalue weighted by atomic mass is 35.5. The second kappa shape index (κ2) is 4.93. The van der Waals surface area contributed by atoms with Crippen molar-refractivity contribution in [2.45, 2.75) is 32.1 Å². The maximum atomic E-state index is 13.7. The molecule has 0 saturated heterocycles. The predicted octanol–water partition coefficient (Wildman–Crippen LogP) is 4.82. The first-order valence-electron chi connectivity index (χ1n) is 5.66. The fourth-order valence-electron chi connectivity index (χ4n) is 2.56. The SMILES string of the molecule is Fc1cccc(Cl)c1CC1(CCl)CCCC1. The topological polar surface area (TPSA) is 0 Å². The van der Waals surface area contributed by atoms with E-state index in [-0.39, 0.29) is 11.2 Å². The van der Waals surface area contributed by atoms with E-state index in [2.05, 4.69) is 0 Å². The Morgan fingerprint density at radius 3 is 2.50 bits per heavy atom. The van der Waals surface area contributed by atoms with Gasteiger partial charge in [0.05, 0.1) is 0 Å². The molecular weight excluding hydrogens is 246 g/mol. The highest BCUT2D eigenvalue weighted by Crippen LogP contribution is 2.43. The molecule has 0 aromatic heterocycles. The van der Waals surface area contributed by atoms with Gasteiger partial charge in [0.1, 0.15) is 5.82 Å². The third kappa shape index (κ3) is 2.36. The van der Waals surface area contributed by atoms with Gasteiger partial charge < -0.3 is 0 Å². The van der Waals surface area contributed by atoms with E-state index in [4.69, 9.17) is 23.2 Å². The molecular formula is C13H15Cl2F. The van der Waals surface area contributed by atoms with Crippen molar-refractivity contribution in [1.29, 1.82) is 0 Å². The van der Waals surface area contributed by atoms with Gasteiger partial charge in [0.15, 0.2) is 0 Å². The lowest BCUT2D eigenvalue weighted by Gasteiger charge is -2.26. The van der Waals surface area contributed by atoms with Gasteiger partial charge in [-0.25, -0.2) is 4.39 Å². The zero-order chi connectivity index (χ0) is 11.6. The van der Waals surface area contributed by atoms with E-state index in [0.29, 0.717) is 22.9 Å². The van der Waals surface area contributed by atoms with Crippen LogP contribution >= 0.6 is 23.2 Å². The molecule has 1 aromatic carbocycles. The van der Waals surface area contributed by atoms with Gasteiger partial charge in [-0.15, -0.1) is 11.6 Å². The van der Waals surface area contributed by atoms with Crippen LogP contribution in [0.3, 0.4) is 0 Å². The summed E-state index contributed by atoms with van der Waals surface area (Å²) in [5.41, 5.74) is 0.694. The van der Waals surface area contributed by atoms with Crippen LogP contribution in [0.4, 0.5) is 4.39 Å². The van der Waals surface area contributed by atoms with Gasteiger partial charge in [-0.1, -0.05) is 30.5 Å². The molecule has 0 heterocycles. The second-order valence-corrected chi connectivity index (χ2v) is 5.39. The molecule has 0 N–H and O–H groups in total. The van der Waals surface area contributed by atoms with Crippen LogP contribution in [0, 0.1) is 11.2 Å². The lowest BCUT2D eigenvalue weighted by Crippen LogP contribution is -2.22. The normalized spacial score (nSPS) is 18.9. The van der Waals surface area contributed by atoms with E-state index in [1.807, 2.05) is 0 Å². The second-order valence-electron chi connectivity index (χ2n) is 4.72. The molecule has 0 bridgehead atoms. The quantitative estimate of drug-likeness (QED) is 0.684. The van der Waals surface area contributed by atoms with Crippen molar-refractivity contribution in [3.8, 4) is 0 Å². The summed E-state index contributed by atoms with van der Waals surface area (Å²) in [4.78, 5) is 0. The lowest BCUT2D eigenvalue weighted by atomic mass is 9.82. The Morgan fingerprint density at radius 2 is 1.94 bits per heavy atom. The van der Waals surface area contributed by atoms with Crippen molar-refractivity contribution in [1.82, 2.24) is 0 Å². The van der Waals surface area contributed by atoms with Crippen molar-refractivity contribution in [2.75, 3.05) is 5.88 Å². The molecule has 0 spiro atoms. The van der Waals surface area contributed by atoms with Crippen LogP contribution in [0.25, 0.3) is 0 Å². The van der Waals surface area contributed by atoms with Gasteiger partial charge in [-0.05, 0) is 36.8 Å². The smallest absolute Gasteiger partial charge is 0.127 e. The van der Waals surface area contributed by atoms with E-state index in [0.717, 1.165) is 12.8 Å². The van der Waals surface area contributed by atoms with Crippen molar-refractivity contribution in [2.24, 2.45) is 5.41 Å². The Bertz CT molecular complexity index is 350. The third-order valence-corrected chi connectivity index (χ3v) is 4.48. The Kier molecular flexibility index (Phi) is 3.76. The number of halogens is 3. The summed E-state index contributed by atoms with van der Waals surface area (Å²) in [5, 5.41) is 0.524. The number of alkyl halides is 1. The van der Waals surface area contributed by atoms with Gasteiger partial charge >= 0.3 is 0 Å². The molecule has 3 heteroatoms. The van der Waals surface area contributed by atoms with Crippen LogP contribution in [0.2, 0.25) is 5.02 Å². The van der Waals surface area contributed by atoms with Gasteiger partial charge in [0.2, 0.25) is 0 Å². The summed E-state index contributed by atoms with van der Waals surface area (Å²) in [6.45, 7) is 0. The highest BCUT2D eigenvalue weighted by molar-refractivity contribution is 6.31. The van der Waals surface area contributed by atoms with Crippen LogP contribution < -0.4 is 0 Å². The maximum absolute atomic E-state index is 13.7. The number of benzene rings is 1. The number of rotatable bonds is 3. The summed E-state index contributed by atoms with van der Waals surface area (Å²) < 4.78 is 13.7. The van der Waals surface area contributed by atoms with E-state index in [1.54, 1.807) is 12.1 Å². The maximum Gasteiger partial charge on any atom is 0.127 e. The van der Waals surface area contributed by atoms with E-state index in [9.17, 15) is 4.39 Å². The van der Waals surface area contributed by atoms with Crippen LogP contribution in [0.15, 0.2) is 18.2 Å². The molecule has 0 aliphatic heterocycles. The summed E-state index contributed by atoms with van der Waals surface area (Å²) in [6.07, 6.45) is 5.22. The monoisotopic (exact) mass is 260 g/mol.